The molecular weight excluding hydrogens is 234 g/mol. The van der Waals surface area contributed by atoms with Gasteiger partial charge in [0, 0.05) is 6.04 Å². The lowest BCUT2D eigenvalue weighted by Gasteiger charge is -2.12. The Morgan fingerprint density at radius 2 is 2.00 bits per heavy atom. The number of nitrogens with one attached hydrogen (secondary N) is 2. The molecule has 7 nitrogen and oxygen atoms in total. The summed E-state index contributed by atoms with van der Waals surface area (Å²) >= 11 is 0. The van der Waals surface area contributed by atoms with Crippen LogP contribution >= 0.6 is 0 Å². The van der Waals surface area contributed by atoms with Crippen LogP contribution in [0.3, 0.4) is 0 Å². The van der Waals surface area contributed by atoms with E-state index in [-0.39, 0.29) is 12.0 Å². The van der Waals surface area contributed by atoms with Crippen LogP contribution in [0.15, 0.2) is 12.2 Å². The molecule has 0 aromatic carbocycles. The Bertz CT molecular complexity index is 331. The third-order valence-electron chi connectivity index (χ3n) is 1.85. The van der Waals surface area contributed by atoms with Crippen LogP contribution < -0.4 is 11.1 Å². The second-order valence-electron chi connectivity index (χ2n) is 3.32. The van der Waals surface area contributed by atoms with Gasteiger partial charge in [-0.15, -0.1) is 0 Å². The van der Waals surface area contributed by atoms with Gasteiger partial charge in [0.15, 0.2) is 5.96 Å². The first-order valence-electron chi connectivity index (χ1n) is 4.76. The van der Waals surface area contributed by atoms with Gasteiger partial charge in [0.05, 0.1) is 0 Å². The smallest absolute Gasteiger partial charge is 0.370 e. The lowest BCUT2D eigenvalue weighted by atomic mass is 10.1. The van der Waals surface area contributed by atoms with Gasteiger partial charge in [-0.25, -0.2) is 0 Å². The summed E-state index contributed by atoms with van der Waals surface area (Å²) in [6.45, 7) is 0. The molecular formula is C8H17N3O4S. The first kappa shape index (κ1) is 14.9. The molecule has 0 aliphatic heterocycles. The summed E-state index contributed by atoms with van der Waals surface area (Å²) in [6.07, 6.45) is 9.00. The van der Waals surface area contributed by atoms with Gasteiger partial charge in [-0.3, -0.25) is 14.5 Å². The number of rotatable bonds is 1. The van der Waals surface area contributed by atoms with E-state index >= 15 is 0 Å². The number of hydrogen-bond acceptors (Lipinski definition) is 3. The van der Waals surface area contributed by atoms with Gasteiger partial charge in [-0.2, -0.15) is 8.42 Å². The number of hydrogen-bond donors (Lipinski definition) is 5. The highest BCUT2D eigenvalue weighted by Crippen LogP contribution is 2.10. The highest BCUT2D eigenvalue weighted by Gasteiger charge is 2.06. The van der Waals surface area contributed by atoms with Gasteiger partial charge >= 0.3 is 10.4 Å². The molecule has 8 heteroatoms. The summed E-state index contributed by atoms with van der Waals surface area (Å²) in [5, 5.41) is 9.93. The lowest BCUT2D eigenvalue weighted by Crippen LogP contribution is -2.37. The van der Waals surface area contributed by atoms with Crippen LogP contribution in [0.5, 0.6) is 0 Å². The Morgan fingerprint density at radius 3 is 2.50 bits per heavy atom. The average molecular weight is 251 g/mol. The average Bonchev–Trinajstić information content (AvgIpc) is 2.28. The Kier molecular flexibility index (Phi) is 6.70. The summed E-state index contributed by atoms with van der Waals surface area (Å²) in [5.41, 5.74) is 5.21. The van der Waals surface area contributed by atoms with Crippen molar-refractivity contribution in [1.29, 1.82) is 5.41 Å². The quantitative estimate of drug-likeness (QED) is 0.197. The van der Waals surface area contributed by atoms with E-state index in [1.165, 1.54) is 12.8 Å². The molecule has 1 atom stereocenters. The van der Waals surface area contributed by atoms with Crippen molar-refractivity contribution < 1.29 is 17.5 Å². The van der Waals surface area contributed by atoms with Crippen LogP contribution in [0.2, 0.25) is 0 Å². The monoisotopic (exact) mass is 251 g/mol. The largest absolute Gasteiger partial charge is 0.394 e. The molecule has 1 unspecified atom stereocenters. The van der Waals surface area contributed by atoms with Crippen LogP contribution in [0, 0.1) is 5.41 Å². The molecule has 94 valence electrons. The summed E-state index contributed by atoms with van der Waals surface area (Å²) in [6, 6.07) is 0.287. The first-order valence-corrected chi connectivity index (χ1v) is 6.16. The second kappa shape index (κ2) is 7.20. The van der Waals surface area contributed by atoms with Crippen molar-refractivity contribution in [3.05, 3.63) is 12.2 Å². The van der Waals surface area contributed by atoms with E-state index in [4.69, 9.17) is 28.7 Å². The fourth-order valence-electron chi connectivity index (χ4n) is 1.30. The molecule has 0 bridgehead atoms. The first-order chi connectivity index (χ1) is 7.29. The topological polar surface area (TPSA) is 136 Å². The number of guanidine groups is 1. The molecule has 0 fully saturated rings. The molecule has 6 N–H and O–H groups in total. The summed E-state index contributed by atoms with van der Waals surface area (Å²) in [4.78, 5) is 0. The third-order valence-corrected chi connectivity index (χ3v) is 1.85. The van der Waals surface area contributed by atoms with Crippen LogP contribution in [-0.4, -0.2) is 29.5 Å². The molecule has 0 saturated heterocycles. The van der Waals surface area contributed by atoms with Crippen LogP contribution in [0.25, 0.3) is 0 Å². The van der Waals surface area contributed by atoms with Crippen LogP contribution in [0.1, 0.15) is 25.7 Å². The Labute approximate surface area is 94.8 Å². The van der Waals surface area contributed by atoms with Crippen molar-refractivity contribution >= 4 is 16.4 Å². The van der Waals surface area contributed by atoms with Crippen molar-refractivity contribution in [2.75, 3.05) is 0 Å². The normalized spacial score (nSPS) is 20.2. The van der Waals surface area contributed by atoms with Crippen molar-refractivity contribution in [3.63, 3.8) is 0 Å². The highest BCUT2D eigenvalue weighted by molar-refractivity contribution is 7.79. The maximum Gasteiger partial charge on any atom is 0.394 e. The standard InChI is InChI=1S/C8H15N3.H2O4S/c9-8(10)11-7-5-3-1-2-4-6-7;1-5(2,3)4/h3,5,7H,1-2,4,6H2,(H4,9,10,11);(H2,1,2,3,4). The molecule has 1 rings (SSSR count). The van der Waals surface area contributed by atoms with E-state index in [1.54, 1.807) is 0 Å². The SMILES string of the molecule is N=C(N)NC1C=CCCCC1.O=S(=O)(O)O. The second-order valence-corrected chi connectivity index (χ2v) is 4.22. The fraction of sp³-hybridized carbons (Fsp3) is 0.625. The maximum absolute atomic E-state index is 8.74. The predicted octanol–water partition coefficient (Wildman–Crippen LogP) is 0.315. The molecule has 16 heavy (non-hydrogen) atoms. The van der Waals surface area contributed by atoms with Gasteiger partial charge in [-0.1, -0.05) is 18.6 Å². The minimum Gasteiger partial charge on any atom is -0.370 e. The van der Waals surface area contributed by atoms with E-state index in [9.17, 15) is 0 Å². The zero-order valence-electron chi connectivity index (χ0n) is 8.76. The van der Waals surface area contributed by atoms with Gasteiger partial charge < -0.3 is 11.1 Å². The minimum atomic E-state index is -4.67. The molecule has 0 aromatic heterocycles. The van der Waals surface area contributed by atoms with Gasteiger partial charge in [0.2, 0.25) is 0 Å². The molecule has 0 heterocycles. The van der Waals surface area contributed by atoms with Crippen molar-refractivity contribution in [2.45, 2.75) is 31.7 Å². The third kappa shape index (κ3) is 12.9. The van der Waals surface area contributed by atoms with E-state index in [0.717, 1.165) is 12.8 Å². The number of nitrogens with two attached hydrogens (primary N) is 1. The highest BCUT2D eigenvalue weighted by atomic mass is 32.3. The fourth-order valence-corrected chi connectivity index (χ4v) is 1.30. The molecule has 1 aliphatic rings. The van der Waals surface area contributed by atoms with E-state index in [2.05, 4.69) is 17.5 Å². The molecule has 0 aromatic rings. The molecule has 1 aliphatic carbocycles. The zero-order valence-corrected chi connectivity index (χ0v) is 9.57. The van der Waals surface area contributed by atoms with Gasteiger partial charge in [0.25, 0.3) is 0 Å². The predicted molar refractivity (Wildman–Crippen MR) is 60.6 cm³/mol. The van der Waals surface area contributed by atoms with E-state index < -0.39 is 10.4 Å². The van der Waals surface area contributed by atoms with Crippen LogP contribution in [0.4, 0.5) is 0 Å². The summed E-state index contributed by atoms with van der Waals surface area (Å²) < 4.78 is 31.6. The summed E-state index contributed by atoms with van der Waals surface area (Å²) in [7, 11) is -4.67. The Hall–Kier alpha value is -1.12. The molecule has 0 amide bonds. The molecule has 0 radical (unpaired) electrons. The lowest BCUT2D eigenvalue weighted by molar-refractivity contribution is 0.381. The minimum absolute atomic E-state index is 0.0709. The van der Waals surface area contributed by atoms with Crippen molar-refractivity contribution in [3.8, 4) is 0 Å². The van der Waals surface area contributed by atoms with Crippen molar-refractivity contribution in [1.82, 2.24) is 5.32 Å². The van der Waals surface area contributed by atoms with E-state index in [1.807, 2.05) is 0 Å². The van der Waals surface area contributed by atoms with Gasteiger partial charge in [0.1, 0.15) is 0 Å². The maximum atomic E-state index is 8.74. The van der Waals surface area contributed by atoms with Gasteiger partial charge in [-0.05, 0) is 19.3 Å². The number of allylic oxidation sites excluding steroid dienone is 1. The summed E-state index contributed by atoms with van der Waals surface area (Å²) in [5.74, 6) is 0.0709. The Balaban J connectivity index is 0.000000385. The molecule has 0 spiro atoms. The van der Waals surface area contributed by atoms with Crippen LogP contribution in [-0.2, 0) is 10.4 Å². The van der Waals surface area contributed by atoms with Crippen molar-refractivity contribution in [2.24, 2.45) is 5.73 Å². The Morgan fingerprint density at radius 1 is 1.44 bits per heavy atom. The van der Waals surface area contributed by atoms with E-state index in [0.29, 0.717) is 0 Å². The zero-order chi connectivity index (χ0) is 12.6. The molecule has 0 saturated carbocycles.